The molecule has 76 valence electrons. The summed E-state index contributed by atoms with van der Waals surface area (Å²) in [5.41, 5.74) is 0. The first-order chi connectivity index (χ1) is 6.04. The first kappa shape index (κ1) is 9.43. The molecule has 2 bridgehead atoms. The molecule has 13 heavy (non-hydrogen) atoms. The molecule has 0 N–H and O–H groups in total. The molecule has 2 saturated heterocycles. The fraction of sp³-hybridized carbons (Fsp3) is 1.00. The first-order valence-electron chi connectivity index (χ1n) is 4.54. The second kappa shape index (κ2) is 3.22. The summed E-state index contributed by atoms with van der Waals surface area (Å²) in [5, 5.41) is 0. The van der Waals surface area contributed by atoms with Crippen LogP contribution in [0, 0.1) is 5.92 Å². The summed E-state index contributed by atoms with van der Waals surface area (Å²) in [7, 11) is -3.28. The molecule has 4 nitrogen and oxygen atoms in total. The average Bonchev–Trinajstić information content (AvgIpc) is 2.58. The molecule has 0 radical (unpaired) electrons. The van der Waals surface area contributed by atoms with E-state index in [1.165, 1.54) is 0 Å². The predicted octanol–water partition coefficient (Wildman–Crippen LogP) is 0.530. The van der Waals surface area contributed by atoms with E-state index < -0.39 is 10.1 Å². The lowest BCUT2D eigenvalue weighted by Gasteiger charge is -2.17. The van der Waals surface area contributed by atoms with E-state index in [0.717, 1.165) is 25.5 Å². The van der Waals surface area contributed by atoms with Gasteiger partial charge in [-0.25, -0.2) is 0 Å². The van der Waals surface area contributed by atoms with Crippen LogP contribution >= 0.6 is 0 Å². The van der Waals surface area contributed by atoms with Gasteiger partial charge in [-0.05, 0) is 19.3 Å². The molecule has 2 aliphatic heterocycles. The van der Waals surface area contributed by atoms with Crippen molar-refractivity contribution in [3.8, 4) is 0 Å². The Morgan fingerprint density at radius 3 is 2.69 bits per heavy atom. The molecule has 0 aromatic rings. The molecule has 2 aliphatic rings. The van der Waals surface area contributed by atoms with Crippen molar-refractivity contribution in [3.63, 3.8) is 0 Å². The summed E-state index contributed by atoms with van der Waals surface area (Å²) in [6, 6.07) is 0. The van der Waals surface area contributed by atoms with Crippen LogP contribution in [0.5, 0.6) is 0 Å². The van der Waals surface area contributed by atoms with E-state index in [2.05, 4.69) is 0 Å². The molecule has 0 amide bonds. The van der Waals surface area contributed by atoms with E-state index in [1.807, 2.05) is 0 Å². The fourth-order valence-corrected chi connectivity index (χ4v) is 2.55. The third-order valence-electron chi connectivity index (χ3n) is 2.73. The quantitative estimate of drug-likeness (QED) is 0.632. The predicted molar refractivity (Wildman–Crippen MR) is 46.8 cm³/mol. The monoisotopic (exact) mass is 206 g/mol. The second-order valence-electron chi connectivity index (χ2n) is 3.86. The van der Waals surface area contributed by atoms with E-state index >= 15 is 0 Å². The van der Waals surface area contributed by atoms with E-state index in [1.54, 1.807) is 0 Å². The Kier molecular flexibility index (Phi) is 2.33. The zero-order chi connectivity index (χ0) is 9.47. The Balaban J connectivity index is 1.84. The summed E-state index contributed by atoms with van der Waals surface area (Å²) in [5.74, 6) is 0.286. The molecule has 2 heterocycles. The van der Waals surface area contributed by atoms with Gasteiger partial charge < -0.3 is 4.74 Å². The van der Waals surface area contributed by atoms with Gasteiger partial charge in [0.1, 0.15) is 0 Å². The highest BCUT2D eigenvalue weighted by atomic mass is 32.2. The molecule has 0 aromatic heterocycles. The van der Waals surface area contributed by atoms with Gasteiger partial charge in [-0.2, -0.15) is 8.42 Å². The number of hydrogen-bond acceptors (Lipinski definition) is 4. The average molecular weight is 206 g/mol. The normalized spacial score (nSPS) is 38.4. The van der Waals surface area contributed by atoms with Crippen molar-refractivity contribution in [2.24, 2.45) is 5.92 Å². The second-order valence-corrected chi connectivity index (χ2v) is 5.50. The molecule has 2 rings (SSSR count). The number of fused-ring (bicyclic) bond motifs is 2. The van der Waals surface area contributed by atoms with Crippen LogP contribution < -0.4 is 0 Å². The molecule has 0 saturated carbocycles. The molecule has 0 aromatic carbocycles. The van der Waals surface area contributed by atoms with Gasteiger partial charge in [0.05, 0.1) is 25.1 Å². The molecular weight excluding hydrogens is 192 g/mol. The molecule has 5 heteroatoms. The summed E-state index contributed by atoms with van der Waals surface area (Å²) < 4.78 is 31.8. The van der Waals surface area contributed by atoms with Crippen molar-refractivity contribution in [2.75, 3.05) is 12.9 Å². The summed E-state index contributed by atoms with van der Waals surface area (Å²) in [6.07, 6.45) is 4.83. The highest BCUT2D eigenvalue weighted by molar-refractivity contribution is 7.85. The Morgan fingerprint density at radius 2 is 2.23 bits per heavy atom. The molecule has 2 fully saturated rings. The third kappa shape index (κ3) is 2.21. The molecule has 0 spiro atoms. The maximum Gasteiger partial charge on any atom is 0.264 e. The Morgan fingerprint density at radius 1 is 1.46 bits per heavy atom. The number of ether oxygens (including phenoxy) is 1. The minimum absolute atomic E-state index is 0.242. The smallest absolute Gasteiger partial charge is 0.264 e. The van der Waals surface area contributed by atoms with Crippen molar-refractivity contribution >= 4 is 10.1 Å². The SMILES string of the molecule is CS(=O)(=O)OCC1CC2CCC1O2. The summed E-state index contributed by atoms with van der Waals surface area (Å²) >= 11 is 0. The van der Waals surface area contributed by atoms with Crippen molar-refractivity contribution < 1.29 is 17.3 Å². The Hall–Kier alpha value is -0.130. The lowest BCUT2D eigenvalue weighted by atomic mass is 9.90. The summed E-state index contributed by atoms with van der Waals surface area (Å²) in [4.78, 5) is 0. The van der Waals surface area contributed by atoms with Crippen molar-refractivity contribution in [3.05, 3.63) is 0 Å². The third-order valence-corrected chi connectivity index (χ3v) is 3.29. The van der Waals surface area contributed by atoms with Crippen LogP contribution in [0.2, 0.25) is 0 Å². The number of rotatable bonds is 3. The van der Waals surface area contributed by atoms with Crippen molar-refractivity contribution in [2.45, 2.75) is 31.5 Å². The maximum atomic E-state index is 10.7. The zero-order valence-corrected chi connectivity index (χ0v) is 8.42. The topological polar surface area (TPSA) is 52.6 Å². The minimum Gasteiger partial charge on any atom is -0.375 e. The highest BCUT2D eigenvalue weighted by Gasteiger charge is 2.41. The summed E-state index contributed by atoms with van der Waals surface area (Å²) in [6.45, 7) is 0.292. The minimum atomic E-state index is -3.28. The van der Waals surface area contributed by atoms with E-state index in [9.17, 15) is 8.42 Å². The van der Waals surface area contributed by atoms with Crippen LogP contribution in [-0.4, -0.2) is 33.5 Å². The van der Waals surface area contributed by atoms with Gasteiger partial charge in [-0.15, -0.1) is 0 Å². The Labute approximate surface area is 78.3 Å². The Bertz CT molecular complexity index is 285. The van der Waals surface area contributed by atoms with E-state index in [0.29, 0.717) is 12.7 Å². The lowest BCUT2D eigenvalue weighted by Crippen LogP contribution is -2.23. The molecule has 3 unspecified atom stereocenters. The van der Waals surface area contributed by atoms with Crippen LogP contribution in [0.25, 0.3) is 0 Å². The van der Waals surface area contributed by atoms with Gasteiger partial charge in [0.25, 0.3) is 10.1 Å². The zero-order valence-electron chi connectivity index (χ0n) is 7.60. The number of hydrogen-bond donors (Lipinski definition) is 0. The van der Waals surface area contributed by atoms with Crippen LogP contribution in [0.15, 0.2) is 0 Å². The van der Waals surface area contributed by atoms with Crippen LogP contribution in [0.3, 0.4) is 0 Å². The van der Waals surface area contributed by atoms with Crippen molar-refractivity contribution in [1.29, 1.82) is 0 Å². The van der Waals surface area contributed by atoms with E-state index in [4.69, 9.17) is 8.92 Å². The molecule has 3 atom stereocenters. The van der Waals surface area contributed by atoms with E-state index in [-0.39, 0.29) is 12.0 Å². The van der Waals surface area contributed by atoms with Crippen molar-refractivity contribution in [1.82, 2.24) is 0 Å². The highest BCUT2D eigenvalue weighted by Crippen LogP contribution is 2.38. The lowest BCUT2D eigenvalue weighted by molar-refractivity contribution is 0.0834. The maximum absolute atomic E-state index is 10.7. The van der Waals surface area contributed by atoms with Gasteiger partial charge >= 0.3 is 0 Å². The van der Waals surface area contributed by atoms with Gasteiger partial charge in [-0.1, -0.05) is 0 Å². The van der Waals surface area contributed by atoms with Gasteiger partial charge in [0.15, 0.2) is 0 Å². The largest absolute Gasteiger partial charge is 0.375 e. The first-order valence-corrected chi connectivity index (χ1v) is 6.36. The fourth-order valence-electron chi connectivity index (χ4n) is 2.13. The molecule has 0 aliphatic carbocycles. The van der Waals surface area contributed by atoms with Crippen LogP contribution in [-0.2, 0) is 19.0 Å². The molecular formula is C8H14O4S. The van der Waals surface area contributed by atoms with Gasteiger partial charge in [0, 0.05) is 5.92 Å². The van der Waals surface area contributed by atoms with Gasteiger partial charge in [0.2, 0.25) is 0 Å². The standard InChI is InChI=1S/C8H14O4S/c1-13(9,10)11-5-6-4-7-2-3-8(6)12-7/h6-8H,2-5H2,1H3. The van der Waals surface area contributed by atoms with Crippen LogP contribution in [0.4, 0.5) is 0 Å². The van der Waals surface area contributed by atoms with Crippen LogP contribution in [0.1, 0.15) is 19.3 Å². The van der Waals surface area contributed by atoms with Gasteiger partial charge in [-0.3, -0.25) is 4.18 Å².